The Kier molecular flexibility index (Phi) is 4.37. The Morgan fingerprint density at radius 3 is 2.62 bits per heavy atom. The van der Waals surface area contributed by atoms with Gasteiger partial charge in [-0.3, -0.25) is 4.79 Å². The van der Waals surface area contributed by atoms with Crippen LogP contribution in [0.1, 0.15) is 13.3 Å². The van der Waals surface area contributed by atoms with Gasteiger partial charge in [-0.1, -0.05) is 0 Å². The van der Waals surface area contributed by atoms with Crippen LogP contribution in [0.5, 0.6) is 0 Å². The Labute approximate surface area is 92.8 Å². The molecule has 0 fully saturated rings. The molecule has 0 spiro atoms. The molecule has 0 aromatic heterocycles. The summed E-state index contributed by atoms with van der Waals surface area (Å²) in [7, 11) is 0. The average molecular weight is 228 g/mol. The second-order valence-electron chi connectivity index (χ2n) is 3.27. The van der Waals surface area contributed by atoms with Crippen LogP contribution in [-0.2, 0) is 4.79 Å². The quantitative estimate of drug-likeness (QED) is 0.852. The summed E-state index contributed by atoms with van der Waals surface area (Å²) in [6.45, 7) is 2.25. The lowest BCUT2D eigenvalue weighted by atomic mass is 10.2. The molecule has 16 heavy (non-hydrogen) atoms. The smallest absolute Gasteiger partial charge is 0.228 e. The molecule has 1 amide bonds. The van der Waals surface area contributed by atoms with Crippen molar-refractivity contribution in [3.05, 3.63) is 29.8 Å². The Morgan fingerprint density at radius 2 is 2.12 bits per heavy atom. The van der Waals surface area contributed by atoms with E-state index < -0.39 is 11.6 Å². The van der Waals surface area contributed by atoms with Gasteiger partial charge in [0.15, 0.2) is 0 Å². The monoisotopic (exact) mass is 228 g/mol. The highest BCUT2D eigenvalue weighted by molar-refractivity contribution is 5.93. The Bertz CT molecular complexity index is 382. The van der Waals surface area contributed by atoms with Crippen LogP contribution in [0, 0.1) is 11.6 Å². The van der Waals surface area contributed by atoms with Crippen LogP contribution in [0.25, 0.3) is 0 Å². The first-order chi connectivity index (χ1) is 7.60. The van der Waals surface area contributed by atoms with E-state index in [2.05, 4.69) is 0 Å². The maximum Gasteiger partial charge on any atom is 0.228 e. The number of amides is 1. The second-order valence-corrected chi connectivity index (χ2v) is 3.27. The predicted octanol–water partition coefficient (Wildman–Crippen LogP) is 1.67. The number of rotatable bonds is 4. The van der Waals surface area contributed by atoms with Crippen molar-refractivity contribution in [1.29, 1.82) is 0 Å². The molecule has 0 saturated carbocycles. The van der Waals surface area contributed by atoms with Crippen LogP contribution in [0.3, 0.4) is 0 Å². The van der Waals surface area contributed by atoms with E-state index in [1.807, 2.05) is 0 Å². The van der Waals surface area contributed by atoms with Gasteiger partial charge in [-0.05, 0) is 19.1 Å². The molecule has 0 heterocycles. The summed E-state index contributed by atoms with van der Waals surface area (Å²) in [6.07, 6.45) is 0.144. The van der Waals surface area contributed by atoms with Gasteiger partial charge in [0.05, 0.1) is 5.69 Å². The molecule has 0 aliphatic rings. The molecule has 0 atom stereocenters. The molecule has 0 saturated heterocycles. The summed E-state index contributed by atoms with van der Waals surface area (Å²) < 4.78 is 26.1. The van der Waals surface area contributed by atoms with Crippen molar-refractivity contribution < 1.29 is 13.6 Å². The number of anilines is 1. The van der Waals surface area contributed by atoms with Gasteiger partial charge >= 0.3 is 0 Å². The lowest BCUT2D eigenvalue weighted by Crippen LogP contribution is -2.32. The van der Waals surface area contributed by atoms with Crippen LogP contribution in [0.15, 0.2) is 18.2 Å². The number of hydrogen-bond donors (Lipinski definition) is 1. The van der Waals surface area contributed by atoms with Crippen LogP contribution in [0.2, 0.25) is 0 Å². The summed E-state index contributed by atoms with van der Waals surface area (Å²) in [5.41, 5.74) is 5.35. The SMILES string of the molecule is CCN(C(=O)CCN)c1ccc(F)cc1F. The minimum atomic E-state index is -0.743. The average Bonchev–Trinajstić information content (AvgIpc) is 2.22. The molecule has 88 valence electrons. The summed E-state index contributed by atoms with van der Waals surface area (Å²) >= 11 is 0. The van der Waals surface area contributed by atoms with Gasteiger partial charge in [0.1, 0.15) is 11.6 Å². The zero-order valence-electron chi connectivity index (χ0n) is 9.04. The molecular formula is C11H14F2N2O. The molecule has 2 N–H and O–H groups in total. The van der Waals surface area contributed by atoms with Crippen LogP contribution in [-0.4, -0.2) is 19.0 Å². The maximum absolute atomic E-state index is 13.4. The van der Waals surface area contributed by atoms with Crippen LogP contribution >= 0.6 is 0 Å². The molecule has 0 radical (unpaired) electrons. The zero-order chi connectivity index (χ0) is 12.1. The number of benzene rings is 1. The Balaban J connectivity index is 2.99. The predicted molar refractivity (Wildman–Crippen MR) is 58.1 cm³/mol. The van der Waals surface area contributed by atoms with Crippen molar-refractivity contribution in [3.63, 3.8) is 0 Å². The molecule has 1 rings (SSSR count). The molecule has 3 nitrogen and oxygen atoms in total. The van der Waals surface area contributed by atoms with E-state index in [-0.39, 0.29) is 24.6 Å². The highest BCUT2D eigenvalue weighted by atomic mass is 19.1. The number of hydrogen-bond acceptors (Lipinski definition) is 2. The van der Waals surface area contributed by atoms with E-state index >= 15 is 0 Å². The summed E-state index contributed by atoms with van der Waals surface area (Å²) in [4.78, 5) is 12.8. The third kappa shape index (κ3) is 2.76. The van der Waals surface area contributed by atoms with E-state index in [0.29, 0.717) is 6.54 Å². The Morgan fingerprint density at radius 1 is 1.44 bits per heavy atom. The van der Waals surface area contributed by atoms with Crippen molar-refractivity contribution in [2.24, 2.45) is 5.73 Å². The van der Waals surface area contributed by atoms with Gasteiger partial charge in [0.25, 0.3) is 0 Å². The van der Waals surface area contributed by atoms with E-state index in [9.17, 15) is 13.6 Å². The van der Waals surface area contributed by atoms with Crippen LogP contribution in [0.4, 0.5) is 14.5 Å². The van der Waals surface area contributed by atoms with E-state index in [4.69, 9.17) is 5.73 Å². The van der Waals surface area contributed by atoms with E-state index in [1.54, 1.807) is 6.92 Å². The molecule has 1 aromatic rings. The first-order valence-electron chi connectivity index (χ1n) is 5.05. The fourth-order valence-corrected chi connectivity index (χ4v) is 1.44. The Hall–Kier alpha value is -1.49. The van der Waals surface area contributed by atoms with Crippen molar-refractivity contribution in [1.82, 2.24) is 0 Å². The summed E-state index contributed by atoms with van der Waals surface area (Å²) in [5.74, 6) is -1.67. The van der Waals surface area contributed by atoms with Crippen molar-refractivity contribution >= 4 is 11.6 Å². The fourth-order valence-electron chi connectivity index (χ4n) is 1.44. The molecule has 0 bridgehead atoms. The van der Waals surface area contributed by atoms with Gasteiger partial charge in [-0.2, -0.15) is 0 Å². The molecule has 1 aromatic carbocycles. The van der Waals surface area contributed by atoms with Crippen molar-refractivity contribution in [2.75, 3.05) is 18.0 Å². The number of halogens is 2. The first-order valence-corrected chi connectivity index (χ1v) is 5.05. The van der Waals surface area contributed by atoms with E-state index in [0.717, 1.165) is 12.1 Å². The maximum atomic E-state index is 13.4. The van der Waals surface area contributed by atoms with Gasteiger partial charge in [-0.15, -0.1) is 0 Å². The highest BCUT2D eigenvalue weighted by Crippen LogP contribution is 2.20. The topological polar surface area (TPSA) is 46.3 Å². The molecular weight excluding hydrogens is 214 g/mol. The van der Waals surface area contributed by atoms with Gasteiger partial charge in [0.2, 0.25) is 5.91 Å². The largest absolute Gasteiger partial charge is 0.330 e. The summed E-state index contributed by atoms with van der Waals surface area (Å²) in [5, 5.41) is 0. The number of nitrogens with zero attached hydrogens (tertiary/aromatic N) is 1. The highest BCUT2D eigenvalue weighted by Gasteiger charge is 2.16. The zero-order valence-corrected chi connectivity index (χ0v) is 9.04. The molecule has 0 aliphatic carbocycles. The standard InChI is InChI=1S/C11H14F2N2O/c1-2-15(11(16)5-6-14)10-4-3-8(12)7-9(10)13/h3-4,7H,2,5-6,14H2,1H3. The molecule has 5 heteroatoms. The molecule has 0 aliphatic heterocycles. The summed E-state index contributed by atoms with van der Waals surface area (Å²) in [6, 6.07) is 3.13. The minimum Gasteiger partial charge on any atom is -0.330 e. The number of nitrogens with two attached hydrogens (primary N) is 1. The minimum absolute atomic E-state index is 0.0855. The number of carbonyl (C=O) groups excluding carboxylic acids is 1. The third-order valence-electron chi connectivity index (χ3n) is 2.18. The first kappa shape index (κ1) is 12.6. The molecule has 0 unspecified atom stereocenters. The van der Waals surface area contributed by atoms with Gasteiger partial charge in [-0.25, -0.2) is 8.78 Å². The second kappa shape index (κ2) is 5.55. The van der Waals surface area contributed by atoms with Crippen molar-refractivity contribution in [2.45, 2.75) is 13.3 Å². The van der Waals surface area contributed by atoms with Gasteiger partial charge < -0.3 is 10.6 Å². The van der Waals surface area contributed by atoms with Crippen molar-refractivity contribution in [3.8, 4) is 0 Å². The van der Waals surface area contributed by atoms with Crippen LogP contribution < -0.4 is 10.6 Å². The fraction of sp³-hybridized carbons (Fsp3) is 0.364. The lowest BCUT2D eigenvalue weighted by Gasteiger charge is -2.21. The van der Waals surface area contributed by atoms with E-state index in [1.165, 1.54) is 11.0 Å². The number of carbonyl (C=O) groups is 1. The van der Waals surface area contributed by atoms with Gasteiger partial charge in [0, 0.05) is 25.6 Å². The lowest BCUT2D eigenvalue weighted by molar-refractivity contribution is -0.118. The normalized spacial score (nSPS) is 10.2. The third-order valence-corrected chi connectivity index (χ3v) is 2.18.